The molecule has 0 saturated carbocycles. The summed E-state index contributed by atoms with van der Waals surface area (Å²) in [6.45, 7) is 1.18. The van der Waals surface area contributed by atoms with Gasteiger partial charge in [0.05, 0.1) is 5.56 Å². The molecular weight excluding hydrogens is 246 g/mol. The van der Waals surface area contributed by atoms with Gasteiger partial charge in [-0.05, 0) is 12.1 Å². The molecule has 0 amide bonds. The summed E-state index contributed by atoms with van der Waals surface area (Å²) >= 11 is 0. The van der Waals surface area contributed by atoms with E-state index in [2.05, 4.69) is 0 Å². The summed E-state index contributed by atoms with van der Waals surface area (Å²) in [4.78, 5) is 22.4. The number of ether oxygens (including phenoxy) is 1. The number of nitrogens with two attached hydrogens (primary N) is 1. The van der Waals surface area contributed by atoms with Gasteiger partial charge in [0.25, 0.3) is 0 Å². The summed E-state index contributed by atoms with van der Waals surface area (Å²) in [7, 11) is -3.91. The lowest BCUT2D eigenvalue weighted by atomic mass is 10.1. The molecule has 2 N–H and O–H groups in total. The third kappa shape index (κ3) is 4.33. The van der Waals surface area contributed by atoms with Gasteiger partial charge in [-0.2, -0.15) is 0 Å². The molecule has 1 aromatic rings. The molecule has 0 bridgehead atoms. The largest absolute Gasteiger partial charge is 0.426 e. The van der Waals surface area contributed by atoms with Crippen molar-refractivity contribution in [3.05, 3.63) is 29.8 Å². The van der Waals surface area contributed by atoms with E-state index in [1.807, 2.05) is 0 Å². The highest BCUT2D eigenvalue weighted by Crippen LogP contribution is 2.19. The van der Waals surface area contributed by atoms with Crippen molar-refractivity contribution in [2.45, 2.75) is 6.92 Å². The lowest BCUT2D eigenvalue weighted by Crippen LogP contribution is -2.23. The zero-order chi connectivity index (χ0) is 13.1. The van der Waals surface area contributed by atoms with E-state index < -0.39 is 27.5 Å². The number of Topliss-reactive ketones (excluding diaryl/α,β-unsaturated/α-hetero) is 1. The Morgan fingerprint density at radius 3 is 2.41 bits per heavy atom. The molecule has 17 heavy (non-hydrogen) atoms. The summed E-state index contributed by atoms with van der Waals surface area (Å²) in [5.41, 5.74) is 0.0109. The van der Waals surface area contributed by atoms with Gasteiger partial charge in [-0.15, -0.1) is 0 Å². The highest BCUT2D eigenvalue weighted by molar-refractivity contribution is 7.89. The zero-order valence-corrected chi connectivity index (χ0v) is 9.86. The van der Waals surface area contributed by atoms with Gasteiger partial charge in [0.15, 0.2) is 5.78 Å². The number of carbonyl (C=O) groups excluding carboxylic acids is 2. The Balaban J connectivity index is 3.05. The molecule has 0 saturated heterocycles. The van der Waals surface area contributed by atoms with Crippen molar-refractivity contribution < 1.29 is 22.7 Å². The number of esters is 1. The Hall–Kier alpha value is -1.73. The minimum atomic E-state index is -3.91. The summed E-state index contributed by atoms with van der Waals surface area (Å²) in [5, 5.41) is 4.77. The number of sulfonamides is 1. The number of hydrogen-bond donors (Lipinski definition) is 1. The molecule has 0 aliphatic heterocycles. The average Bonchev–Trinajstić information content (AvgIpc) is 2.14. The Labute approximate surface area is 98.4 Å². The average molecular weight is 257 g/mol. The Morgan fingerprint density at radius 1 is 1.29 bits per heavy atom. The van der Waals surface area contributed by atoms with Crippen molar-refractivity contribution in [1.29, 1.82) is 0 Å². The van der Waals surface area contributed by atoms with Crippen LogP contribution in [0.3, 0.4) is 0 Å². The molecule has 0 radical (unpaired) electrons. The minimum Gasteiger partial charge on any atom is -0.426 e. The van der Waals surface area contributed by atoms with Gasteiger partial charge in [0.1, 0.15) is 11.5 Å². The van der Waals surface area contributed by atoms with Gasteiger partial charge < -0.3 is 4.74 Å². The molecule has 0 fully saturated rings. The Morgan fingerprint density at radius 2 is 1.88 bits per heavy atom. The lowest BCUT2D eigenvalue weighted by Gasteiger charge is -2.06. The molecule has 0 aromatic heterocycles. The van der Waals surface area contributed by atoms with Crippen LogP contribution in [0.4, 0.5) is 0 Å². The predicted molar refractivity (Wildman–Crippen MR) is 60.1 cm³/mol. The fraction of sp³-hybridized carbons (Fsp3) is 0.200. The van der Waals surface area contributed by atoms with Crippen LogP contribution in [-0.4, -0.2) is 25.9 Å². The zero-order valence-electron chi connectivity index (χ0n) is 9.04. The van der Waals surface area contributed by atoms with E-state index in [1.165, 1.54) is 25.1 Å². The standard InChI is InChI=1S/C10H11NO5S/c1-7(12)16-10-5-3-2-4-8(10)9(13)6-17(11,14)15/h2-5H,6H2,1H3,(H2,11,14,15). The highest BCUT2D eigenvalue weighted by atomic mass is 32.2. The molecule has 7 heteroatoms. The van der Waals surface area contributed by atoms with Crippen molar-refractivity contribution in [3.63, 3.8) is 0 Å². The number of para-hydroxylation sites is 1. The van der Waals surface area contributed by atoms with Gasteiger partial charge in [0.2, 0.25) is 10.0 Å². The molecule has 0 spiro atoms. The second kappa shape index (κ2) is 5.07. The van der Waals surface area contributed by atoms with Gasteiger partial charge in [-0.1, -0.05) is 12.1 Å². The Kier molecular flexibility index (Phi) is 3.97. The van der Waals surface area contributed by atoms with Crippen molar-refractivity contribution >= 4 is 21.8 Å². The number of ketones is 1. The van der Waals surface area contributed by atoms with Gasteiger partial charge in [-0.25, -0.2) is 13.6 Å². The monoisotopic (exact) mass is 257 g/mol. The second-order valence-corrected chi connectivity index (χ2v) is 4.93. The van der Waals surface area contributed by atoms with E-state index in [0.717, 1.165) is 0 Å². The van der Waals surface area contributed by atoms with Crippen LogP contribution in [0.5, 0.6) is 5.75 Å². The third-order valence-electron chi connectivity index (χ3n) is 1.77. The molecule has 0 atom stereocenters. The molecule has 6 nitrogen and oxygen atoms in total. The highest BCUT2D eigenvalue weighted by Gasteiger charge is 2.18. The first-order chi connectivity index (χ1) is 7.79. The quantitative estimate of drug-likeness (QED) is 0.467. The maximum Gasteiger partial charge on any atom is 0.308 e. The summed E-state index contributed by atoms with van der Waals surface area (Å²) < 4.78 is 26.4. The van der Waals surface area contributed by atoms with Crippen LogP contribution in [0.15, 0.2) is 24.3 Å². The van der Waals surface area contributed by atoms with Crippen molar-refractivity contribution in [1.82, 2.24) is 0 Å². The third-order valence-corrected chi connectivity index (χ3v) is 2.44. The number of benzene rings is 1. The van der Waals surface area contributed by atoms with Crippen molar-refractivity contribution in [3.8, 4) is 5.75 Å². The van der Waals surface area contributed by atoms with Crippen LogP contribution in [0, 0.1) is 0 Å². The van der Waals surface area contributed by atoms with E-state index >= 15 is 0 Å². The van der Waals surface area contributed by atoms with E-state index in [0.29, 0.717) is 0 Å². The fourth-order valence-electron chi connectivity index (χ4n) is 1.20. The molecule has 92 valence electrons. The first kappa shape index (κ1) is 13.3. The molecule has 1 rings (SSSR count). The van der Waals surface area contributed by atoms with E-state index in [4.69, 9.17) is 9.88 Å². The smallest absolute Gasteiger partial charge is 0.308 e. The molecule has 0 aliphatic carbocycles. The predicted octanol–water partition coefficient (Wildman–Crippen LogP) is 0.0831. The number of carbonyl (C=O) groups is 2. The van der Waals surface area contributed by atoms with Crippen LogP contribution >= 0.6 is 0 Å². The van der Waals surface area contributed by atoms with Gasteiger partial charge in [-0.3, -0.25) is 9.59 Å². The van der Waals surface area contributed by atoms with Crippen molar-refractivity contribution in [2.24, 2.45) is 5.14 Å². The minimum absolute atomic E-state index is 0.0109. The van der Waals surface area contributed by atoms with Crippen LogP contribution in [0.2, 0.25) is 0 Å². The van der Waals surface area contributed by atoms with Crippen molar-refractivity contribution in [2.75, 3.05) is 5.75 Å². The van der Waals surface area contributed by atoms with Crippen LogP contribution in [0.1, 0.15) is 17.3 Å². The molecule has 0 heterocycles. The maximum absolute atomic E-state index is 11.6. The normalized spacial score (nSPS) is 10.9. The summed E-state index contributed by atoms with van der Waals surface area (Å²) in [6.07, 6.45) is 0. The number of rotatable bonds is 4. The fourth-order valence-corrected chi connectivity index (χ4v) is 1.72. The molecule has 0 unspecified atom stereocenters. The van der Waals surface area contributed by atoms with Gasteiger partial charge in [0, 0.05) is 6.92 Å². The summed E-state index contributed by atoms with van der Waals surface area (Å²) in [5.74, 6) is -2.12. The van der Waals surface area contributed by atoms with Gasteiger partial charge >= 0.3 is 5.97 Å². The maximum atomic E-state index is 11.6. The van der Waals surface area contributed by atoms with Crippen LogP contribution in [0.25, 0.3) is 0 Å². The molecular formula is C10H11NO5S. The first-order valence-electron chi connectivity index (χ1n) is 4.61. The topological polar surface area (TPSA) is 104 Å². The number of primary sulfonamides is 1. The number of hydrogen-bond acceptors (Lipinski definition) is 5. The Bertz CT molecular complexity index is 550. The molecule has 0 aliphatic rings. The van der Waals surface area contributed by atoms with Crippen LogP contribution in [-0.2, 0) is 14.8 Å². The van der Waals surface area contributed by atoms with E-state index in [-0.39, 0.29) is 11.3 Å². The second-order valence-electron chi connectivity index (χ2n) is 3.32. The van der Waals surface area contributed by atoms with E-state index in [9.17, 15) is 18.0 Å². The summed E-state index contributed by atoms with van der Waals surface area (Å²) in [6, 6.07) is 5.86. The SMILES string of the molecule is CC(=O)Oc1ccccc1C(=O)CS(N)(=O)=O. The van der Waals surface area contributed by atoms with E-state index in [1.54, 1.807) is 6.07 Å². The van der Waals surface area contributed by atoms with Crippen LogP contribution < -0.4 is 9.88 Å². The lowest BCUT2D eigenvalue weighted by molar-refractivity contribution is -0.131. The first-order valence-corrected chi connectivity index (χ1v) is 6.32. The molecule has 1 aromatic carbocycles.